The lowest BCUT2D eigenvalue weighted by Gasteiger charge is -2.32. The van der Waals surface area contributed by atoms with E-state index in [2.05, 4.69) is 20.6 Å². The molecule has 4 rings (SSSR count). The van der Waals surface area contributed by atoms with Crippen LogP contribution in [0.4, 0.5) is 41.1 Å². The molecule has 0 unspecified atom stereocenters. The monoisotopic (exact) mass is 535 g/mol. The summed E-state index contributed by atoms with van der Waals surface area (Å²) in [4.78, 5) is 37.5. The Hall–Kier alpha value is -3.61. The molecule has 0 atom stereocenters. The van der Waals surface area contributed by atoms with Crippen LogP contribution >= 0.6 is 0 Å². The molecule has 3 heterocycles. The predicted molar refractivity (Wildman–Crippen MR) is 137 cm³/mol. The number of halogens is 3. The number of aromatic nitrogens is 2. The van der Waals surface area contributed by atoms with E-state index in [0.29, 0.717) is 51.3 Å². The Balaban J connectivity index is 1.47. The zero-order valence-electron chi connectivity index (χ0n) is 21.5. The Morgan fingerprint density at radius 3 is 2.68 bits per heavy atom. The molecule has 0 spiro atoms. The summed E-state index contributed by atoms with van der Waals surface area (Å²) >= 11 is 0. The number of carbonyl (C=O) groups is 2. The van der Waals surface area contributed by atoms with E-state index in [4.69, 9.17) is 4.74 Å². The lowest BCUT2D eigenvalue weighted by Crippen LogP contribution is -2.48. The maximum Gasteiger partial charge on any atom is 0.421 e. The van der Waals surface area contributed by atoms with Gasteiger partial charge in [0, 0.05) is 50.3 Å². The molecule has 2 fully saturated rings. The minimum atomic E-state index is -4.64. The van der Waals surface area contributed by atoms with Gasteiger partial charge in [0.15, 0.2) is 0 Å². The minimum Gasteiger partial charge on any atom is -0.449 e. The van der Waals surface area contributed by atoms with Gasteiger partial charge in [0.1, 0.15) is 11.4 Å². The van der Waals surface area contributed by atoms with Gasteiger partial charge in [0.25, 0.3) is 0 Å². The SMILES string of the molecule is CCc1cc(N2CCN(C)CC2=O)ccc1Nc1ncc(C(F)(F)F)c(NCCCN2CCCOC2=O)n1. The van der Waals surface area contributed by atoms with Crippen LogP contribution in [0.25, 0.3) is 0 Å². The summed E-state index contributed by atoms with van der Waals surface area (Å²) in [6, 6.07) is 5.49. The summed E-state index contributed by atoms with van der Waals surface area (Å²) in [5.41, 5.74) is 1.33. The Kier molecular flexibility index (Phi) is 8.55. The molecule has 2 aromatic rings. The number of ether oxygens (including phenoxy) is 1. The molecule has 1 aromatic carbocycles. The van der Waals surface area contributed by atoms with Gasteiger partial charge >= 0.3 is 12.3 Å². The normalized spacial score (nSPS) is 17.0. The van der Waals surface area contributed by atoms with Gasteiger partial charge in [-0.25, -0.2) is 9.78 Å². The van der Waals surface area contributed by atoms with Gasteiger partial charge in [-0.15, -0.1) is 0 Å². The molecule has 38 heavy (non-hydrogen) atoms. The molecule has 0 bridgehead atoms. The maximum atomic E-state index is 13.6. The number of carbonyl (C=O) groups excluding carboxylic acids is 2. The number of likely N-dealkylation sites (N-methyl/N-ethyl adjacent to an activating group) is 1. The molecule has 10 nitrogen and oxygen atoms in total. The Bertz CT molecular complexity index is 1160. The number of nitrogens with one attached hydrogen (secondary N) is 2. The number of hydrogen-bond acceptors (Lipinski definition) is 8. The molecular weight excluding hydrogens is 503 g/mol. The van der Waals surface area contributed by atoms with E-state index in [0.717, 1.165) is 30.4 Å². The number of piperazine rings is 1. The zero-order chi connectivity index (χ0) is 27.3. The van der Waals surface area contributed by atoms with Crippen LogP contribution in [0.1, 0.15) is 30.9 Å². The van der Waals surface area contributed by atoms with Crippen molar-refractivity contribution in [1.29, 1.82) is 0 Å². The van der Waals surface area contributed by atoms with Crippen molar-refractivity contribution in [1.82, 2.24) is 19.8 Å². The van der Waals surface area contributed by atoms with Crippen LogP contribution in [-0.4, -0.2) is 84.7 Å². The van der Waals surface area contributed by atoms with Crippen molar-refractivity contribution < 1.29 is 27.5 Å². The Labute approximate surface area is 219 Å². The highest BCUT2D eigenvalue weighted by Crippen LogP contribution is 2.34. The molecule has 2 saturated heterocycles. The first-order chi connectivity index (χ1) is 18.2. The van der Waals surface area contributed by atoms with E-state index < -0.39 is 17.8 Å². The second-order valence-electron chi connectivity index (χ2n) is 9.29. The zero-order valence-corrected chi connectivity index (χ0v) is 21.5. The van der Waals surface area contributed by atoms with Crippen molar-refractivity contribution in [2.24, 2.45) is 0 Å². The average molecular weight is 536 g/mol. The molecule has 2 N–H and O–H groups in total. The van der Waals surface area contributed by atoms with Crippen molar-refractivity contribution in [3.63, 3.8) is 0 Å². The molecule has 206 valence electrons. The largest absolute Gasteiger partial charge is 0.449 e. The number of anilines is 4. The fraction of sp³-hybridized carbons (Fsp3) is 0.520. The number of cyclic esters (lactones) is 1. The average Bonchev–Trinajstić information content (AvgIpc) is 2.87. The number of aryl methyl sites for hydroxylation is 1. The second-order valence-corrected chi connectivity index (χ2v) is 9.29. The van der Waals surface area contributed by atoms with Crippen molar-refractivity contribution in [3.8, 4) is 0 Å². The van der Waals surface area contributed by atoms with E-state index in [1.165, 1.54) is 4.90 Å². The summed E-state index contributed by atoms with van der Waals surface area (Å²) < 4.78 is 45.8. The van der Waals surface area contributed by atoms with Crippen LogP contribution in [0.15, 0.2) is 24.4 Å². The molecule has 2 aliphatic rings. The molecule has 0 saturated carbocycles. The smallest absolute Gasteiger partial charge is 0.421 e. The minimum absolute atomic E-state index is 0.0123. The van der Waals surface area contributed by atoms with E-state index in [9.17, 15) is 22.8 Å². The topological polar surface area (TPSA) is 103 Å². The Morgan fingerprint density at radius 2 is 1.97 bits per heavy atom. The first kappa shape index (κ1) is 27.4. The third-order valence-electron chi connectivity index (χ3n) is 6.49. The van der Waals surface area contributed by atoms with Gasteiger partial charge in [-0.2, -0.15) is 18.2 Å². The summed E-state index contributed by atoms with van der Waals surface area (Å²) in [6.45, 7) is 5.15. The van der Waals surface area contributed by atoms with Gasteiger partial charge in [-0.3, -0.25) is 9.69 Å². The highest BCUT2D eigenvalue weighted by molar-refractivity contribution is 5.95. The van der Waals surface area contributed by atoms with Crippen LogP contribution in [0.5, 0.6) is 0 Å². The Morgan fingerprint density at radius 1 is 1.16 bits per heavy atom. The third-order valence-corrected chi connectivity index (χ3v) is 6.49. The number of nitrogens with zero attached hydrogens (tertiary/aromatic N) is 5. The van der Waals surface area contributed by atoms with E-state index in [1.807, 2.05) is 24.9 Å². The molecule has 13 heteroatoms. The molecular formula is C25H32F3N7O3. The lowest BCUT2D eigenvalue weighted by molar-refractivity contribution is -0.137. The summed E-state index contributed by atoms with van der Waals surface area (Å²) in [5, 5.41) is 5.78. The van der Waals surface area contributed by atoms with Crippen molar-refractivity contribution in [2.45, 2.75) is 32.4 Å². The van der Waals surface area contributed by atoms with Crippen molar-refractivity contribution in [3.05, 3.63) is 35.5 Å². The summed E-state index contributed by atoms with van der Waals surface area (Å²) in [6.07, 6.45) is -2.51. The van der Waals surface area contributed by atoms with Crippen LogP contribution in [0.2, 0.25) is 0 Å². The molecule has 2 aliphatic heterocycles. The number of alkyl halides is 3. The van der Waals surface area contributed by atoms with Gasteiger partial charge in [-0.05, 0) is 50.1 Å². The van der Waals surface area contributed by atoms with E-state index >= 15 is 0 Å². The fourth-order valence-corrected chi connectivity index (χ4v) is 4.41. The van der Waals surface area contributed by atoms with Gasteiger partial charge in [0.05, 0.1) is 13.2 Å². The highest BCUT2D eigenvalue weighted by atomic mass is 19.4. The van der Waals surface area contributed by atoms with Crippen molar-refractivity contribution in [2.75, 3.05) is 68.5 Å². The molecule has 0 radical (unpaired) electrons. The first-order valence-corrected chi connectivity index (χ1v) is 12.6. The van der Waals surface area contributed by atoms with Gasteiger partial charge in [-0.1, -0.05) is 6.92 Å². The fourth-order valence-electron chi connectivity index (χ4n) is 4.41. The van der Waals surface area contributed by atoms with E-state index in [1.54, 1.807) is 17.0 Å². The molecule has 1 aromatic heterocycles. The van der Waals surface area contributed by atoms with Crippen LogP contribution < -0.4 is 15.5 Å². The number of amides is 2. The second kappa shape index (κ2) is 11.8. The molecule has 0 aliphatic carbocycles. The van der Waals surface area contributed by atoms with Crippen molar-refractivity contribution >= 4 is 35.1 Å². The van der Waals surface area contributed by atoms with Gasteiger partial charge < -0.3 is 25.2 Å². The van der Waals surface area contributed by atoms with Crippen LogP contribution in [0, 0.1) is 0 Å². The number of hydrogen-bond donors (Lipinski definition) is 2. The number of rotatable bonds is 9. The summed E-state index contributed by atoms with van der Waals surface area (Å²) in [5.74, 6) is -0.312. The number of benzene rings is 1. The maximum absolute atomic E-state index is 13.6. The molecule has 2 amide bonds. The van der Waals surface area contributed by atoms with Crippen LogP contribution in [0.3, 0.4) is 0 Å². The predicted octanol–water partition coefficient (Wildman–Crippen LogP) is 3.72. The third kappa shape index (κ3) is 6.63. The quantitative estimate of drug-likeness (QED) is 0.469. The highest BCUT2D eigenvalue weighted by Gasteiger charge is 2.35. The standard InChI is InChI=1S/C25H32F3N7O3/c1-3-17-14-18(35-12-11-33(2)16-21(35)36)6-7-20(17)31-23-30-15-19(25(26,27)28)22(32-23)29-8-4-9-34-10-5-13-38-24(34)37/h6-7,14-15H,3-5,8-13,16H2,1-2H3,(H2,29,30,31,32). The van der Waals surface area contributed by atoms with E-state index in [-0.39, 0.29) is 24.2 Å². The summed E-state index contributed by atoms with van der Waals surface area (Å²) in [7, 11) is 1.90. The first-order valence-electron chi connectivity index (χ1n) is 12.6. The van der Waals surface area contributed by atoms with Crippen LogP contribution in [-0.2, 0) is 22.1 Å². The lowest BCUT2D eigenvalue weighted by atomic mass is 10.1. The van der Waals surface area contributed by atoms with Gasteiger partial charge in [0.2, 0.25) is 11.9 Å².